The molecule has 1 unspecified atom stereocenters. The van der Waals surface area contributed by atoms with Gasteiger partial charge in [0.15, 0.2) is 0 Å². The van der Waals surface area contributed by atoms with Gasteiger partial charge in [-0.1, -0.05) is 6.08 Å². The first kappa shape index (κ1) is 9.97. The second-order valence-electron chi connectivity index (χ2n) is 4.83. The van der Waals surface area contributed by atoms with E-state index in [1.807, 2.05) is 6.20 Å². The van der Waals surface area contributed by atoms with Gasteiger partial charge in [-0.2, -0.15) is 0 Å². The molecule has 0 saturated carbocycles. The number of hydrogen-bond acceptors (Lipinski definition) is 3. The molecule has 1 spiro atoms. The molecule has 3 nitrogen and oxygen atoms in total. The molecule has 0 radical (unpaired) electrons. The van der Waals surface area contributed by atoms with Crippen LogP contribution in [0.15, 0.2) is 24.7 Å². The van der Waals surface area contributed by atoms with Gasteiger partial charge in [0, 0.05) is 17.9 Å². The largest absolute Gasteiger partial charge is 0.311 e. The minimum atomic E-state index is 0.408. The van der Waals surface area contributed by atoms with Crippen molar-refractivity contribution in [3.05, 3.63) is 30.4 Å². The van der Waals surface area contributed by atoms with E-state index in [2.05, 4.69) is 21.4 Å². The minimum Gasteiger partial charge on any atom is -0.311 e. The maximum atomic E-state index is 4.37. The van der Waals surface area contributed by atoms with Gasteiger partial charge in [0.25, 0.3) is 0 Å². The summed E-state index contributed by atoms with van der Waals surface area (Å²) >= 11 is 0. The SMILES string of the molecule is C1=C(c2cnccn2)CCC2(C1)CCCN2. The monoisotopic (exact) mass is 215 g/mol. The maximum absolute atomic E-state index is 4.37. The van der Waals surface area contributed by atoms with E-state index in [0.717, 1.165) is 18.5 Å². The second-order valence-corrected chi connectivity index (χ2v) is 4.83. The first-order chi connectivity index (χ1) is 7.88. The highest BCUT2D eigenvalue weighted by atomic mass is 15.0. The van der Waals surface area contributed by atoms with Crippen LogP contribution in [0.5, 0.6) is 0 Å². The molecule has 1 aromatic rings. The van der Waals surface area contributed by atoms with Crippen molar-refractivity contribution in [2.24, 2.45) is 0 Å². The normalized spacial score (nSPS) is 29.4. The first-order valence-corrected chi connectivity index (χ1v) is 6.08. The van der Waals surface area contributed by atoms with Crippen LogP contribution in [0.3, 0.4) is 0 Å². The fourth-order valence-electron chi connectivity index (χ4n) is 2.85. The van der Waals surface area contributed by atoms with Gasteiger partial charge < -0.3 is 5.32 Å². The van der Waals surface area contributed by atoms with Crippen molar-refractivity contribution >= 4 is 5.57 Å². The summed E-state index contributed by atoms with van der Waals surface area (Å²) < 4.78 is 0. The average Bonchev–Trinajstić information content (AvgIpc) is 2.80. The lowest BCUT2D eigenvalue weighted by Gasteiger charge is -2.32. The van der Waals surface area contributed by atoms with Crippen LogP contribution in [-0.4, -0.2) is 22.1 Å². The Morgan fingerprint density at radius 3 is 2.88 bits per heavy atom. The summed E-state index contributed by atoms with van der Waals surface area (Å²) in [5.74, 6) is 0. The summed E-state index contributed by atoms with van der Waals surface area (Å²) in [4.78, 5) is 8.50. The quantitative estimate of drug-likeness (QED) is 0.780. The molecule has 1 aliphatic carbocycles. The Kier molecular flexibility index (Phi) is 2.48. The third kappa shape index (κ3) is 1.76. The molecular weight excluding hydrogens is 198 g/mol. The third-order valence-corrected chi connectivity index (χ3v) is 3.84. The Morgan fingerprint density at radius 2 is 2.25 bits per heavy atom. The summed E-state index contributed by atoms with van der Waals surface area (Å²) in [6.45, 7) is 1.19. The molecule has 16 heavy (non-hydrogen) atoms. The summed E-state index contributed by atoms with van der Waals surface area (Å²) in [6, 6.07) is 0. The molecular formula is C13H17N3. The number of nitrogens with zero attached hydrogens (tertiary/aromatic N) is 2. The predicted molar refractivity (Wildman–Crippen MR) is 63.8 cm³/mol. The molecule has 1 saturated heterocycles. The average molecular weight is 215 g/mol. The number of nitrogens with one attached hydrogen (secondary N) is 1. The van der Waals surface area contributed by atoms with Crippen LogP contribution < -0.4 is 5.32 Å². The number of hydrogen-bond donors (Lipinski definition) is 1. The fourth-order valence-corrected chi connectivity index (χ4v) is 2.85. The van der Waals surface area contributed by atoms with E-state index in [4.69, 9.17) is 0 Å². The van der Waals surface area contributed by atoms with Crippen molar-refractivity contribution in [3.63, 3.8) is 0 Å². The van der Waals surface area contributed by atoms with E-state index in [9.17, 15) is 0 Å². The topological polar surface area (TPSA) is 37.8 Å². The number of aromatic nitrogens is 2. The number of rotatable bonds is 1. The highest BCUT2D eigenvalue weighted by Gasteiger charge is 2.34. The Hall–Kier alpha value is -1.22. The Labute approximate surface area is 96.0 Å². The summed E-state index contributed by atoms with van der Waals surface area (Å²) in [6.07, 6.45) is 13.9. The highest BCUT2D eigenvalue weighted by Crippen LogP contribution is 2.36. The van der Waals surface area contributed by atoms with Crippen LogP contribution >= 0.6 is 0 Å². The molecule has 2 heterocycles. The highest BCUT2D eigenvalue weighted by molar-refractivity contribution is 5.63. The van der Waals surface area contributed by atoms with E-state index in [0.29, 0.717) is 5.54 Å². The van der Waals surface area contributed by atoms with Crippen LogP contribution in [0.2, 0.25) is 0 Å². The molecule has 84 valence electrons. The lowest BCUT2D eigenvalue weighted by atomic mass is 9.81. The molecule has 0 bridgehead atoms. The van der Waals surface area contributed by atoms with Crippen molar-refractivity contribution in [2.45, 2.75) is 37.6 Å². The molecule has 0 amide bonds. The van der Waals surface area contributed by atoms with Crippen molar-refractivity contribution in [3.8, 4) is 0 Å². The lowest BCUT2D eigenvalue weighted by molar-refractivity contribution is 0.347. The van der Waals surface area contributed by atoms with E-state index in [1.165, 1.54) is 31.4 Å². The van der Waals surface area contributed by atoms with Gasteiger partial charge in [0.1, 0.15) is 0 Å². The molecule has 1 aromatic heterocycles. The standard InChI is InChI=1S/C13H17N3/c1-4-13(16-7-1)5-2-11(3-6-13)12-10-14-8-9-15-12/h2,8-10,16H,1,3-7H2. The van der Waals surface area contributed by atoms with Crippen molar-refractivity contribution < 1.29 is 0 Å². The van der Waals surface area contributed by atoms with Crippen molar-refractivity contribution in [1.82, 2.24) is 15.3 Å². The Bertz CT molecular complexity index is 391. The zero-order valence-corrected chi connectivity index (χ0v) is 9.45. The molecule has 1 atom stereocenters. The molecule has 1 fully saturated rings. The van der Waals surface area contributed by atoms with Gasteiger partial charge in [-0.15, -0.1) is 0 Å². The fraction of sp³-hybridized carbons (Fsp3) is 0.538. The van der Waals surface area contributed by atoms with E-state index >= 15 is 0 Å². The molecule has 3 rings (SSSR count). The van der Waals surface area contributed by atoms with Crippen LogP contribution in [0.25, 0.3) is 5.57 Å². The second kappa shape index (κ2) is 3.98. The Balaban J connectivity index is 1.79. The van der Waals surface area contributed by atoms with E-state index < -0.39 is 0 Å². The van der Waals surface area contributed by atoms with Gasteiger partial charge in [-0.3, -0.25) is 9.97 Å². The number of allylic oxidation sites excluding steroid dienone is 1. The van der Waals surface area contributed by atoms with Crippen LogP contribution in [0, 0.1) is 0 Å². The van der Waals surface area contributed by atoms with Gasteiger partial charge >= 0.3 is 0 Å². The lowest BCUT2D eigenvalue weighted by Crippen LogP contribution is -2.40. The maximum Gasteiger partial charge on any atom is 0.0841 e. The zero-order valence-electron chi connectivity index (χ0n) is 9.45. The van der Waals surface area contributed by atoms with Crippen molar-refractivity contribution in [2.75, 3.05) is 6.54 Å². The molecule has 2 aliphatic rings. The molecule has 0 aromatic carbocycles. The minimum absolute atomic E-state index is 0.408. The molecule has 1 aliphatic heterocycles. The zero-order chi connectivity index (χ0) is 10.8. The van der Waals surface area contributed by atoms with Gasteiger partial charge in [0.05, 0.1) is 11.9 Å². The Morgan fingerprint density at radius 1 is 1.25 bits per heavy atom. The van der Waals surface area contributed by atoms with Gasteiger partial charge in [-0.05, 0) is 44.2 Å². The van der Waals surface area contributed by atoms with E-state index in [1.54, 1.807) is 12.4 Å². The smallest absolute Gasteiger partial charge is 0.0841 e. The van der Waals surface area contributed by atoms with Crippen LogP contribution in [-0.2, 0) is 0 Å². The third-order valence-electron chi connectivity index (χ3n) is 3.84. The van der Waals surface area contributed by atoms with Crippen LogP contribution in [0.1, 0.15) is 37.8 Å². The van der Waals surface area contributed by atoms with E-state index in [-0.39, 0.29) is 0 Å². The summed E-state index contributed by atoms with van der Waals surface area (Å²) in [5.41, 5.74) is 2.83. The van der Waals surface area contributed by atoms with Crippen LogP contribution in [0.4, 0.5) is 0 Å². The summed E-state index contributed by atoms with van der Waals surface area (Å²) in [7, 11) is 0. The predicted octanol–water partition coefficient (Wildman–Crippen LogP) is 2.17. The van der Waals surface area contributed by atoms with Gasteiger partial charge in [-0.25, -0.2) is 0 Å². The van der Waals surface area contributed by atoms with Crippen molar-refractivity contribution in [1.29, 1.82) is 0 Å². The summed E-state index contributed by atoms with van der Waals surface area (Å²) in [5, 5.41) is 3.66. The molecule has 1 N–H and O–H groups in total. The van der Waals surface area contributed by atoms with Gasteiger partial charge in [0.2, 0.25) is 0 Å². The first-order valence-electron chi connectivity index (χ1n) is 6.08. The molecule has 3 heteroatoms.